The zero-order valence-corrected chi connectivity index (χ0v) is 25.3. The van der Waals surface area contributed by atoms with Crippen molar-refractivity contribution >= 4 is 17.5 Å². The summed E-state index contributed by atoms with van der Waals surface area (Å²) in [6.45, 7) is 0.726. The number of fused-ring (bicyclic) bond motifs is 2. The number of hydrogen-bond donors (Lipinski definition) is 3. The van der Waals surface area contributed by atoms with Crippen LogP contribution in [0.1, 0.15) is 65.3 Å². The number of aryl methyl sites for hydroxylation is 1. The third kappa shape index (κ3) is 5.76. The number of hydrogen-bond acceptors (Lipinski definition) is 5. The van der Waals surface area contributed by atoms with E-state index in [9.17, 15) is 24.6 Å². The summed E-state index contributed by atoms with van der Waals surface area (Å²) in [5.74, 6) is -2.85. The Morgan fingerprint density at radius 2 is 1.36 bits per heavy atom. The van der Waals surface area contributed by atoms with Gasteiger partial charge in [0, 0.05) is 34.4 Å². The van der Waals surface area contributed by atoms with Gasteiger partial charge in [-0.25, -0.2) is 4.57 Å². The van der Waals surface area contributed by atoms with Gasteiger partial charge in [-0.15, -0.1) is 0 Å². The molecule has 6 rings (SSSR count). The number of phenolic OH excluding ortho intramolecular Hbond substituents is 2. The Labute approximate surface area is 265 Å². The molecule has 0 radical (unpaired) electrons. The number of carbonyl (C=O) groups is 3. The highest BCUT2D eigenvalue weighted by Gasteiger charge is 2.37. The van der Waals surface area contributed by atoms with Crippen LogP contribution in [-0.2, 0) is 19.4 Å². The van der Waals surface area contributed by atoms with Crippen LogP contribution in [-0.4, -0.2) is 27.7 Å². The Hall–Kier alpha value is -5.08. The van der Waals surface area contributed by atoms with E-state index in [1.807, 2.05) is 42.7 Å². The van der Waals surface area contributed by atoms with Gasteiger partial charge < -0.3 is 32.9 Å². The molecule has 0 bridgehead atoms. The number of nitrogens with two attached hydrogens (primary N) is 1. The topological polar surface area (TPSA) is 122 Å². The smallest absolute Gasteiger partial charge is 0.249 e. The minimum atomic E-state index is -0.799. The number of aromatic nitrogens is 1. The molecule has 0 spiro atoms. The lowest BCUT2D eigenvalue weighted by Crippen LogP contribution is -3.00. The van der Waals surface area contributed by atoms with Crippen molar-refractivity contribution in [2.24, 2.45) is 5.73 Å². The molecule has 4 aromatic carbocycles. The fraction of sp³-hybridized carbons (Fsp3) is 0.111. The molecule has 0 saturated carbocycles. The number of phenols is 2. The first-order valence-electron chi connectivity index (χ1n) is 14.0. The second kappa shape index (κ2) is 12.7. The zero-order chi connectivity index (χ0) is 30.1. The summed E-state index contributed by atoms with van der Waals surface area (Å²) >= 11 is 0. The zero-order valence-electron chi connectivity index (χ0n) is 23.7. The van der Waals surface area contributed by atoms with Crippen LogP contribution in [0.4, 0.5) is 0 Å². The Morgan fingerprint density at radius 1 is 0.682 bits per heavy atom. The predicted molar refractivity (Wildman–Crippen MR) is 161 cm³/mol. The molecular formula is C36H29BrN2O5. The summed E-state index contributed by atoms with van der Waals surface area (Å²) in [5.41, 5.74) is 10.2. The maximum atomic E-state index is 13.5. The van der Waals surface area contributed by atoms with E-state index in [2.05, 4.69) is 41.0 Å². The average Bonchev–Trinajstić information content (AvgIpc) is 3.01. The summed E-state index contributed by atoms with van der Waals surface area (Å²) in [6, 6.07) is 28.2. The number of ketones is 2. The SMILES string of the molecule is NC(=O)c1cc(O)c2c(c1CCCc1cc[n+](Cc3ccc(-c4ccccc4)cc3)cc1)C(=O)c1cccc(O)c1C2=O.[Br-]. The van der Waals surface area contributed by atoms with Gasteiger partial charge in [0.2, 0.25) is 11.7 Å². The lowest BCUT2D eigenvalue weighted by atomic mass is 9.78. The highest BCUT2D eigenvalue weighted by atomic mass is 79.9. The number of amides is 1. The number of rotatable bonds is 8. The van der Waals surface area contributed by atoms with Gasteiger partial charge in [0.25, 0.3) is 0 Å². The lowest BCUT2D eigenvalue weighted by Gasteiger charge is -2.23. The van der Waals surface area contributed by atoms with Crippen molar-refractivity contribution < 1.29 is 46.1 Å². The Morgan fingerprint density at radius 3 is 2.05 bits per heavy atom. The third-order valence-electron chi connectivity index (χ3n) is 7.93. The van der Waals surface area contributed by atoms with E-state index in [1.54, 1.807) is 0 Å². The number of halogens is 1. The molecule has 8 heteroatoms. The second-order valence-electron chi connectivity index (χ2n) is 10.7. The molecule has 44 heavy (non-hydrogen) atoms. The number of benzene rings is 4. The van der Waals surface area contributed by atoms with E-state index in [1.165, 1.54) is 34.9 Å². The molecule has 0 saturated heterocycles. The molecule has 0 atom stereocenters. The molecule has 1 aromatic heterocycles. The molecule has 4 N–H and O–H groups in total. The monoisotopic (exact) mass is 648 g/mol. The first-order valence-corrected chi connectivity index (χ1v) is 14.0. The highest BCUT2D eigenvalue weighted by Crippen LogP contribution is 2.39. The van der Waals surface area contributed by atoms with Crippen LogP contribution in [0.3, 0.4) is 0 Å². The fourth-order valence-electron chi connectivity index (χ4n) is 5.77. The molecule has 0 aliphatic heterocycles. The van der Waals surface area contributed by atoms with Crippen LogP contribution in [0.5, 0.6) is 11.5 Å². The van der Waals surface area contributed by atoms with E-state index in [-0.39, 0.29) is 57.0 Å². The molecule has 0 unspecified atom stereocenters. The molecular weight excluding hydrogens is 620 g/mol. The predicted octanol–water partition coefficient (Wildman–Crippen LogP) is 2.15. The summed E-state index contributed by atoms with van der Waals surface area (Å²) in [7, 11) is 0. The standard InChI is InChI=1S/C36H28N2O5.BrH/c37-36(43)28-20-30(40)33-32(34(41)27-10-5-11-29(39)31(27)35(33)42)26(28)9-4-6-22-16-18-38(19-17-22)21-23-12-14-25(15-13-23)24-7-2-1-3-8-24;/h1-3,5,7-8,10-20H,4,6,9,21H2,(H3-,37,39,40,42,43);1H. The first-order chi connectivity index (χ1) is 20.8. The first kappa shape index (κ1) is 30.4. The number of pyridine rings is 1. The summed E-state index contributed by atoms with van der Waals surface area (Å²) < 4.78 is 2.10. The molecule has 220 valence electrons. The molecule has 1 amide bonds. The van der Waals surface area contributed by atoms with Gasteiger partial charge >= 0.3 is 0 Å². The minimum Gasteiger partial charge on any atom is -1.00 e. The normalized spacial score (nSPS) is 11.8. The van der Waals surface area contributed by atoms with Crippen LogP contribution in [0.15, 0.2) is 103 Å². The summed E-state index contributed by atoms with van der Waals surface area (Å²) in [6.07, 6.45) is 5.54. The molecule has 5 aromatic rings. The van der Waals surface area contributed by atoms with Crippen LogP contribution >= 0.6 is 0 Å². The molecule has 1 aliphatic rings. The van der Waals surface area contributed by atoms with Crippen LogP contribution in [0, 0.1) is 0 Å². The van der Waals surface area contributed by atoms with Crippen LogP contribution in [0.25, 0.3) is 11.1 Å². The van der Waals surface area contributed by atoms with Crippen molar-refractivity contribution in [2.75, 3.05) is 0 Å². The number of primary amides is 1. The highest BCUT2D eigenvalue weighted by molar-refractivity contribution is 6.31. The largest absolute Gasteiger partial charge is 1.00 e. The lowest BCUT2D eigenvalue weighted by molar-refractivity contribution is -0.688. The van der Waals surface area contributed by atoms with Gasteiger partial charge in [0.1, 0.15) is 11.5 Å². The van der Waals surface area contributed by atoms with Crippen molar-refractivity contribution in [3.05, 3.63) is 148 Å². The maximum Gasteiger partial charge on any atom is 0.249 e. The van der Waals surface area contributed by atoms with Gasteiger partial charge in [-0.05, 0) is 53.6 Å². The van der Waals surface area contributed by atoms with Gasteiger partial charge in [-0.3, -0.25) is 14.4 Å². The molecule has 1 aliphatic carbocycles. The van der Waals surface area contributed by atoms with E-state index >= 15 is 0 Å². The van der Waals surface area contributed by atoms with Gasteiger partial charge in [0.05, 0.1) is 11.1 Å². The molecule has 1 heterocycles. The molecule has 7 nitrogen and oxygen atoms in total. The van der Waals surface area contributed by atoms with Gasteiger partial charge in [0.15, 0.2) is 24.7 Å². The quantitative estimate of drug-likeness (QED) is 0.219. The number of nitrogens with zero attached hydrogens (tertiary/aromatic N) is 1. The van der Waals surface area contributed by atoms with E-state index in [0.29, 0.717) is 18.4 Å². The summed E-state index contributed by atoms with van der Waals surface area (Å²) in [5, 5.41) is 20.9. The van der Waals surface area contributed by atoms with Crippen LogP contribution in [0.2, 0.25) is 0 Å². The van der Waals surface area contributed by atoms with Gasteiger partial charge in [-0.1, -0.05) is 66.7 Å². The van der Waals surface area contributed by atoms with Crippen molar-refractivity contribution in [1.29, 1.82) is 0 Å². The van der Waals surface area contributed by atoms with E-state index < -0.39 is 23.2 Å². The Bertz CT molecular complexity index is 1890. The van der Waals surface area contributed by atoms with Crippen molar-refractivity contribution in [3.8, 4) is 22.6 Å². The maximum absolute atomic E-state index is 13.5. The average molecular weight is 650 g/mol. The Balaban J connectivity index is 0.00000384. The van der Waals surface area contributed by atoms with Gasteiger partial charge in [-0.2, -0.15) is 0 Å². The molecule has 0 fully saturated rings. The van der Waals surface area contributed by atoms with E-state index in [0.717, 1.165) is 18.2 Å². The fourth-order valence-corrected chi connectivity index (χ4v) is 5.77. The minimum absolute atomic E-state index is 0. The Kier molecular flexibility index (Phi) is 8.73. The number of aromatic hydroxyl groups is 2. The second-order valence-corrected chi connectivity index (χ2v) is 10.7. The summed E-state index contributed by atoms with van der Waals surface area (Å²) in [4.78, 5) is 39.1. The van der Waals surface area contributed by atoms with E-state index in [4.69, 9.17) is 5.73 Å². The van der Waals surface area contributed by atoms with Crippen molar-refractivity contribution in [3.63, 3.8) is 0 Å². The van der Waals surface area contributed by atoms with Crippen molar-refractivity contribution in [2.45, 2.75) is 25.8 Å². The number of carbonyl (C=O) groups excluding carboxylic acids is 3. The van der Waals surface area contributed by atoms with Crippen LogP contribution < -0.4 is 27.3 Å². The van der Waals surface area contributed by atoms with Crippen molar-refractivity contribution in [1.82, 2.24) is 0 Å². The third-order valence-corrected chi connectivity index (χ3v) is 7.93.